The van der Waals surface area contributed by atoms with Crippen LogP contribution in [0.4, 0.5) is 0 Å². The molecule has 0 fully saturated rings. The second-order valence-corrected chi connectivity index (χ2v) is 5.49. The minimum Gasteiger partial charge on any atom is -0.490 e. The van der Waals surface area contributed by atoms with Crippen molar-refractivity contribution in [2.45, 2.75) is 17.9 Å². The monoisotopic (exact) mass is 274 g/mol. The maximum Gasteiger partial charge on any atom is 0.137 e. The number of nitrogens with two attached hydrogens (primary N) is 1. The van der Waals surface area contributed by atoms with Crippen molar-refractivity contribution in [2.24, 2.45) is 5.73 Å². The molecule has 0 amide bonds. The first-order valence-electron chi connectivity index (χ1n) is 6.22. The summed E-state index contributed by atoms with van der Waals surface area (Å²) < 4.78 is 5.64. The van der Waals surface area contributed by atoms with Crippen LogP contribution in [-0.4, -0.2) is 23.4 Å². The van der Waals surface area contributed by atoms with Gasteiger partial charge in [0.15, 0.2) is 0 Å². The highest BCUT2D eigenvalue weighted by molar-refractivity contribution is 7.99. The lowest BCUT2D eigenvalue weighted by atomic mass is 10.3. The summed E-state index contributed by atoms with van der Waals surface area (Å²) in [7, 11) is 0. The second-order valence-electron chi connectivity index (χ2n) is 4.39. The van der Waals surface area contributed by atoms with Gasteiger partial charge in [-0.15, -0.1) is 11.8 Å². The minimum absolute atomic E-state index is 0.00529. The quantitative estimate of drug-likeness (QED) is 0.823. The molecule has 0 bridgehead atoms. The van der Waals surface area contributed by atoms with Gasteiger partial charge in [0.25, 0.3) is 0 Å². The van der Waals surface area contributed by atoms with Crippen LogP contribution in [0.15, 0.2) is 53.7 Å². The summed E-state index contributed by atoms with van der Waals surface area (Å²) in [6.45, 7) is 2.50. The van der Waals surface area contributed by atoms with Crippen LogP contribution in [0.3, 0.4) is 0 Å². The highest BCUT2D eigenvalue weighted by Crippen LogP contribution is 2.18. The molecule has 0 saturated carbocycles. The molecule has 2 rings (SSSR count). The second kappa shape index (κ2) is 7.16. The van der Waals surface area contributed by atoms with Gasteiger partial charge in [-0.05, 0) is 30.7 Å². The van der Waals surface area contributed by atoms with Gasteiger partial charge in [-0.3, -0.25) is 4.98 Å². The van der Waals surface area contributed by atoms with Crippen molar-refractivity contribution in [3.63, 3.8) is 0 Å². The van der Waals surface area contributed by atoms with E-state index in [2.05, 4.69) is 17.1 Å². The van der Waals surface area contributed by atoms with Gasteiger partial charge in [0.05, 0.1) is 6.20 Å². The summed E-state index contributed by atoms with van der Waals surface area (Å²) >= 11 is 1.75. The number of aromatic nitrogens is 1. The van der Waals surface area contributed by atoms with Gasteiger partial charge in [0.1, 0.15) is 12.4 Å². The number of aryl methyl sites for hydroxylation is 1. The molecule has 1 aromatic heterocycles. The van der Waals surface area contributed by atoms with Crippen molar-refractivity contribution >= 4 is 11.8 Å². The fourth-order valence-electron chi connectivity index (χ4n) is 1.58. The Morgan fingerprint density at radius 1 is 1.26 bits per heavy atom. The topological polar surface area (TPSA) is 48.1 Å². The van der Waals surface area contributed by atoms with Crippen molar-refractivity contribution in [1.82, 2.24) is 4.98 Å². The van der Waals surface area contributed by atoms with E-state index < -0.39 is 0 Å². The van der Waals surface area contributed by atoms with E-state index in [9.17, 15) is 0 Å². The van der Waals surface area contributed by atoms with Gasteiger partial charge >= 0.3 is 0 Å². The molecular formula is C15H18N2OS. The smallest absolute Gasteiger partial charge is 0.137 e. The Hall–Kier alpha value is -1.52. The molecule has 19 heavy (non-hydrogen) atoms. The third kappa shape index (κ3) is 4.93. The zero-order valence-corrected chi connectivity index (χ0v) is 11.8. The third-order valence-corrected chi connectivity index (χ3v) is 3.72. The lowest BCUT2D eigenvalue weighted by molar-refractivity contribution is 0.296. The average molecular weight is 274 g/mol. The van der Waals surface area contributed by atoms with E-state index in [-0.39, 0.29) is 6.04 Å². The lowest BCUT2D eigenvalue weighted by Gasteiger charge is -2.13. The molecule has 4 heteroatoms. The Kier molecular flexibility index (Phi) is 5.24. The Bertz CT molecular complexity index is 505. The summed E-state index contributed by atoms with van der Waals surface area (Å²) in [6.07, 6.45) is 3.52. The van der Waals surface area contributed by atoms with Gasteiger partial charge in [0, 0.05) is 22.9 Å². The first-order valence-corrected chi connectivity index (χ1v) is 7.20. The van der Waals surface area contributed by atoms with E-state index in [0.717, 1.165) is 17.1 Å². The van der Waals surface area contributed by atoms with Crippen LogP contribution >= 0.6 is 11.8 Å². The summed E-state index contributed by atoms with van der Waals surface area (Å²) in [4.78, 5) is 5.32. The SMILES string of the molecule is Cc1cncc(OCC(N)CSc2ccccc2)c1. The van der Waals surface area contributed by atoms with Crippen LogP contribution in [0.1, 0.15) is 5.56 Å². The number of hydrogen-bond donors (Lipinski definition) is 1. The van der Waals surface area contributed by atoms with E-state index in [1.807, 2.05) is 31.2 Å². The molecule has 0 saturated heterocycles. The predicted octanol–water partition coefficient (Wildman–Crippen LogP) is 2.89. The van der Waals surface area contributed by atoms with Gasteiger partial charge in [0.2, 0.25) is 0 Å². The number of rotatable bonds is 6. The number of thioether (sulfide) groups is 1. The first-order chi connectivity index (χ1) is 9.24. The van der Waals surface area contributed by atoms with Crippen LogP contribution in [0.5, 0.6) is 5.75 Å². The van der Waals surface area contributed by atoms with Crippen LogP contribution in [0.2, 0.25) is 0 Å². The minimum atomic E-state index is 0.00529. The largest absolute Gasteiger partial charge is 0.490 e. The highest BCUT2D eigenvalue weighted by Gasteiger charge is 2.05. The van der Waals surface area contributed by atoms with E-state index in [4.69, 9.17) is 10.5 Å². The normalized spacial score (nSPS) is 12.1. The van der Waals surface area contributed by atoms with Gasteiger partial charge in [-0.25, -0.2) is 0 Å². The number of ether oxygens (including phenoxy) is 1. The van der Waals surface area contributed by atoms with Gasteiger partial charge in [-0.2, -0.15) is 0 Å². The average Bonchev–Trinajstić information content (AvgIpc) is 2.44. The molecule has 0 radical (unpaired) electrons. The third-order valence-electron chi connectivity index (χ3n) is 2.52. The van der Waals surface area contributed by atoms with E-state index in [1.54, 1.807) is 24.2 Å². The molecule has 0 spiro atoms. The van der Waals surface area contributed by atoms with Crippen molar-refractivity contribution in [2.75, 3.05) is 12.4 Å². The van der Waals surface area contributed by atoms with Crippen LogP contribution in [-0.2, 0) is 0 Å². The van der Waals surface area contributed by atoms with Crippen molar-refractivity contribution in [3.05, 3.63) is 54.4 Å². The fourth-order valence-corrected chi connectivity index (χ4v) is 2.43. The summed E-state index contributed by atoms with van der Waals surface area (Å²) in [5.41, 5.74) is 7.13. The van der Waals surface area contributed by atoms with Crippen molar-refractivity contribution < 1.29 is 4.74 Å². The van der Waals surface area contributed by atoms with Gasteiger partial charge < -0.3 is 10.5 Å². The summed E-state index contributed by atoms with van der Waals surface area (Å²) in [5, 5.41) is 0. The maximum atomic E-state index is 6.04. The molecule has 2 aromatic rings. The van der Waals surface area contributed by atoms with E-state index in [0.29, 0.717) is 6.61 Å². The molecule has 1 heterocycles. The van der Waals surface area contributed by atoms with Crippen molar-refractivity contribution in [1.29, 1.82) is 0 Å². The molecule has 1 unspecified atom stereocenters. The van der Waals surface area contributed by atoms with E-state index in [1.165, 1.54) is 4.90 Å². The van der Waals surface area contributed by atoms with Crippen LogP contribution in [0, 0.1) is 6.92 Å². The molecule has 100 valence electrons. The summed E-state index contributed by atoms with van der Waals surface area (Å²) in [6, 6.07) is 12.2. The molecular weight excluding hydrogens is 256 g/mol. The van der Waals surface area contributed by atoms with Crippen molar-refractivity contribution in [3.8, 4) is 5.75 Å². The molecule has 0 aliphatic carbocycles. The number of hydrogen-bond acceptors (Lipinski definition) is 4. The fraction of sp³-hybridized carbons (Fsp3) is 0.267. The number of nitrogens with zero attached hydrogens (tertiary/aromatic N) is 1. The zero-order valence-electron chi connectivity index (χ0n) is 11.0. The van der Waals surface area contributed by atoms with Gasteiger partial charge in [-0.1, -0.05) is 18.2 Å². The molecule has 3 nitrogen and oxygen atoms in total. The Balaban J connectivity index is 1.74. The van der Waals surface area contributed by atoms with Crippen LogP contribution in [0.25, 0.3) is 0 Å². The predicted molar refractivity (Wildman–Crippen MR) is 79.6 cm³/mol. The molecule has 0 aliphatic heterocycles. The zero-order chi connectivity index (χ0) is 13.5. The lowest BCUT2D eigenvalue weighted by Crippen LogP contribution is -2.30. The molecule has 1 aromatic carbocycles. The first kappa shape index (κ1) is 13.9. The number of pyridine rings is 1. The Morgan fingerprint density at radius 3 is 2.79 bits per heavy atom. The Morgan fingerprint density at radius 2 is 2.05 bits per heavy atom. The van der Waals surface area contributed by atoms with Crippen LogP contribution < -0.4 is 10.5 Å². The Labute approximate surface area is 118 Å². The maximum absolute atomic E-state index is 6.04. The molecule has 2 N–H and O–H groups in total. The van der Waals surface area contributed by atoms with E-state index >= 15 is 0 Å². The standard InChI is InChI=1S/C15H18N2OS/c1-12-7-14(9-17-8-12)18-10-13(16)11-19-15-5-3-2-4-6-15/h2-9,13H,10-11,16H2,1H3. The molecule has 1 atom stereocenters. The number of benzene rings is 1. The summed E-state index contributed by atoms with van der Waals surface area (Å²) in [5.74, 6) is 1.61. The highest BCUT2D eigenvalue weighted by atomic mass is 32.2. The molecule has 0 aliphatic rings.